The number of anilines is 3. The number of unbranched alkanes of at least 4 members (excludes halogenated alkanes) is 1. The molecule has 2 aromatic rings. The van der Waals surface area contributed by atoms with Crippen LogP contribution in [-0.4, -0.2) is 43.3 Å². The average Bonchev–Trinajstić information content (AvgIpc) is 3.04. The summed E-state index contributed by atoms with van der Waals surface area (Å²) in [6.07, 6.45) is 2.66. The van der Waals surface area contributed by atoms with E-state index in [1.165, 1.54) is 11.3 Å². The first-order valence-corrected chi connectivity index (χ1v) is 9.48. The van der Waals surface area contributed by atoms with Gasteiger partial charge in [-0.25, -0.2) is 4.79 Å². The first kappa shape index (κ1) is 21.2. The van der Waals surface area contributed by atoms with Crippen molar-refractivity contribution in [2.45, 2.75) is 44.6 Å². The summed E-state index contributed by atoms with van der Waals surface area (Å²) in [4.78, 5) is 30.5. The zero-order chi connectivity index (χ0) is 20.7. The van der Waals surface area contributed by atoms with Crippen LogP contribution in [0.5, 0.6) is 5.88 Å². The Morgan fingerprint density at radius 1 is 1.14 bits per heavy atom. The smallest absolute Gasteiger partial charge is 0.326 e. The Labute approximate surface area is 165 Å². The Kier molecular flexibility index (Phi) is 7.38. The van der Waals surface area contributed by atoms with Crippen molar-refractivity contribution in [2.75, 3.05) is 16.8 Å². The highest BCUT2D eigenvalue weighted by Gasteiger charge is 2.19. The van der Waals surface area contributed by atoms with Crippen LogP contribution in [0.2, 0.25) is 0 Å². The zero-order valence-corrected chi connectivity index (χ0v) is 15.9. The second kappa shape index (κ2) is 9.74. The molecule has 2 heterocycles. The van der Waals surface area contributed by atoms with Crippen LogP contribution in [0.1, 0.15) is 36.1 Å². The highest BCUT2D eigenvalue weighted by atomic mass is 32.1. The number of hydrogen-bond donors (Lipinski definition) is 6. The molecule has 8 N–H and O–H groups in total. The van der Waals surface area contributed by atoms with Gasteiger partial charge in [0, 0.05) is 11.3 Å². The molecule has 0 aliphatic rings. The molecular formula is C17H23N5O5S. The van der Waals surface area contributed by atoms with E-state index < -0.39 is 18.0 Å². The summed E-state index contributed by atoms with van der Waals surface area (Å²) in [6, 6.07) is 2.74. The Balaban J connectivity index is 1.83. The van der Waals surface area contributed by atoms with Gasteiger partial charge in [0.15, 0.2) is 0 Å². The zero-order valence-electron chi connectivity index (χ0n) is 15.1. The number of rotatable bonds is 11. The minimum absolute atomic E-state index is 0.00642. The monoisotopic (exact) mass is 409 g/mol. The molecule has 152 valence electrons. The quantitative estimate of drug-likeness (QED) is 0.298. The van der Waals surface area contributed by atoms with Crippen molar-refractivity contribution >= 4 is 40.0 Å². The average molecular weight is 409 g/mol. The number of nitrogens with zero attached hydrogens (tertiary/aromatic N) is 2. The molecule has 0 bridgehead atoms. The van der Waals surface area contributed by atoms with E-state index in [0.29, 0.717) is 17.0 Å². The van der Waals surface area contributed by atoms with Crippen LogP contribution < -0.4 is 16.8 Å². The molecule has 0 aromatic carbocycles. The van der Waals surface area contributed by atoms with E-state index in [9.17, 15) is 19.8 Å². The Bertz CT molecular complexity index is 818. The number of carboxylic acids is 2. The van der Waals surface area contributed by atoms with Gasteiger partial charge < -0.3 is 32.1 Å². The number of aromatic nitrogens is 2. The first-order valence-electron chi connectivity index (χ1n) is 8.67. The standard InChI is InChI=1S/C17H23N5O5S/c18-14-10(15(25)22-17(19)21-14)4-2-1-3-9-5-7-12(28-9)20-11(16(26)27)6-8-13(23)24/h5,7,11,20H,1-4,6,8H2,(H,23,24)(H,26,27)(H5,18,19,21,22,25)/t11-/m0/s1. The van der Waals surface area contributed by atoms with E-state index in [-0.39, 0.29) is 30.5 Å². The van der Waals surface area contributed by atoms with Gasteiger partial charge in [-0.2, -0.15) is 9.97 Å². The Hall–Kier alpha value is -3.08. The largest absolute Gasteiger partial charge is 0.493 e. The molecule has 28 heavy (non-hydrogen) atoms. The molecule has 0 unspecified atom stereocenters. The van der Waals surface area contributed by atoms with Gasteiger partial charge in [-0.05, 0) is 44.2 Å². The lowest BCUT2D eigenvalue weighted by molar-refractivity contribution is -0.139. The molecule has 1 atom stereocenters. The maximum absolute atomic E-state index is 11.2. The summed E-state index contributed by atoms with van der Waals surface area (Å²) in [5.41, 5.74) is 11.6. The molecule has 0 spiro atoms. The van der Waals surface area contributed by atoms with Crippen molar-refractivity contribution in [1.82, 2.24) is 9.97 Å². The van der Waals surface area contributed by atoms with Gasteiger partial charge in [0.1, 0.15) is 11.9 Å². The van der Waals surface area contributed by atoms with Gasteiger partial charge in [0.05, 0.1) is 10.6 Å². The number of aryl methyl sites for hydroxylation is 1. The van der Waals surface area contributed by atoms with E-state index in [1.54, 1.807) is 6.07 Å². The molecule has 11 heteroatoms. The second-order valence-corrected chi connectivity index (χ2v) is 7.38. The highest BCUT2D eigenvalue weighted by Crippen LogP contribution is 2.26. The number of aliphatic carboxylic acids is 2. The fraction of sp³-hybridized carbons (Fsp3) is 0.412. The normalized spacial score (nSPS) is 11.9. The minimum atomic E-state index is -1.08. The molecule has 0 fully saturated rings. The van der Waals surface area contributed by atoms with Gasteiger partial charge in [-0.3, -0.25) is 4.79 Å². The number of nitrogens with two attached hydrogens (primary N) is 2. The number of carboxylic acid groups (broad SMARTS) is 2. The van der Waals surface area contributed by atoms with Crippen LogP contribution in [0.3, 0.4) is 0 Å². The van der Waals surface area contributed by atoms with E-state index in [0.717, 1.165) is 24.1 Å². The summed E-state index contributed by atoms with van der Waals surface area (Å²) in [7, 11) is 0. The lowest BCUT2D eigenvalue weighted by Crippen LogP contribution is -2.29. The predicted octanol–water partition coefficient (Wildman–Crippen LogP) is 1.70. The summed E-state index contributed by atoms with van der Waals surface area (Å²) >= 11 is 1.43. The maximum atomic E-state index is 11.2. The lowest BCUT2D eigenvalue weighted by Gasteiger charge is -2.12. The Morgan fingerprint density at radius 2 is 1.86 bits per heavy atom. The van der Waals surface area contributed by atoms with Crippen LogP contribution in [0.25, 0.3) is 0 Å². The molecule has 0 aliphatic heterocycles. The summed E-state index contributed by atoms with van der Waals surface area (Å²) in [5.74, 6) is -2.21. The highest BCUT2D eigenvalue weighted by molar-refractivity contribution is 7.16. The molecule has 2 aromatic heterocycles. The molecule has 0 aliphatic carbocycles. The van der Waals surface area contributed by atoms with E-state index in [1.807, 2.05) is 6.07 Å². The van der Waals surface area contributed by atoms with E-state index >= 15 is 0 Å². The van der Waals surface area contributed by atoms with Crippen LogP contribution in [0.15, 0.2) is 12.1 Å². The topological polar surface area (TPSA) is 185 Å². The number of nitrogens with one attached hydrogen (secondary N) is 1. The summed E-state index contributed by atoms with van der Waals surface area (Å²) in [5, 5.41) is 31.3. The minimum Gasteiger partial charge on any atom is -0.493 e. The SMILES string of the molecule is Nc1nc(N)c(CCCCc2ccc(N[C@@H](CCC(=O)O)C(=O)O)s2)c(O)n1. The third-order valence-electron chi connectivity index (χ3n) is 4.06. The maximum Gasteiger partial charge on any atom is 0.326 e. The second-order valence-electron chi connectivity index (χ2n) is 6.21. The first-order chi connectivity index (χ1) is 13.3. The van der Waals surface area contributed by atoms with Crippen molar-refractivity contribution in [1.29, 1.82) is 0 Å². The molecular weight excluding hydrogens is 386 g/mol. The van der Waals surface area contributed by atoms with Crippen LogP contribution in [0, 0.1) is 0 Å². The van der Waals surface area contributed by atoms with Crippen molar-refractivity contribution in [3.05, 3.63) is 22.6 Å². The van der Waals surface area contributed by atoms with Gasteiger partial charge in [-0.1, -0.05) is 0 Å². The third kappa shape index (κ3) is 6.27. The molecule has 0 radical (unpaired) electrons. The van der Waals surface area contributed by atoms with E-state index in [2.05, 4.69) is 15.3 Å². The molecule has 10 nitrogen and oxygen atoms in total. The van der Waals surface area contributed by atoms with Crippen LogP contribution >= 0.6 is 11.3 Å². The molecule has 0 saturated carbocycles. The molecule has 2 rings (SSSR count). The van der Waals surface area contributed by atoms with Crippen molar-refractivity contribution < 1.29 is 24.9 Å². The van der Waals surface area contributed by atoms with Crippen molar-refractivity contribution in [3.63, 3.8) is 0 Å². The van der Waals surface area contributed by atoms with Crippen LogP contribution in [0.4, 0.5) is 16.8 Å². The van der Waals surface area contributed by atoms with Crippen LogP contribution in [-0.2, 0) is 22.4 Å². The van der Waals surface area contributed by atoms with Gasteiger partial charge >= 0.3 is 11.9 Å². The van der Waals surface area contributed by atoms with E-state index in [4.69, 9.17) is 16.6 Å². The fourth-order valence-electron chi connectivity index (χ4n) is 2.63. The number of carbonyl (C=O) groups is 2. The van der Waals surface area contributed by atoms with Crippen molar-refractivity contribution in [3.8, 4) is 5.88 Å². The van der Waals surface area contributed by atoms with Gasteiger partial charge in [-0.15, -0.1) is 11.3 Å². The van der Waals surface area contributed by atoms with Gasteiger partial charge in [0.2, 0.25) is 11.8 Å². The summed E-state index contributed by atoms with van der Waals surface area (Å²) in [6.45, 7) is 0. The summed E-state index contributed by atoms with van der Waals surface area (Å²) < 4.78 is 0. The Morgan fingerprint density at radius 3 is 2.50 bits per heavy atom. The fourth-order valence-corrected chi connectivity index (χ4v) is 3.64. The number of aromatic hydroxyl groups is 1. The third-order valence-corrected chi connectivity index (χ3v) is 5.13. The number of thiophene rings is 1. The number of hydrogen-bond acceptors (Lipinski definition) is 9. The predicted molar refractivity (Wildman–Crippen MR) is 105 cm³/mol. The van der Waals surface area contributed by atoms with Crippen molar-refractivity contribution in [2.24, 2.45) is 0 Å². The molecule has 0 amide bonds. The number of nitrogen functional groups attached to an aromatic ring is 2. The molecule has 0 saturated heterocycles. The van der Waals surface area contributed by atoms with Gasteiger partial charge in [0.25, 0.3) is 0 Å². The lowest BCUT2D eigenvalue weighted by atomic mass is 10.1.